The normalized spacial score (nSPS) is 10.3. The molecule has 84 valence electrons. The summed E-state index contributed by atoms with van der Waals surface area (Å²) in [5.41, 5.74) is 0.0560. The Balaban J connectivity index is 3.05. The maximum Gasteiger partial charge on any atom is 0.335 e. The summed E-state index contributed by atoms with van der Waals surface area (Å²) in [5.74, 6) is 3.63. The molecular formula is C11H10O4S. The number of hydrogen-bond acceptors (Lipinski definition) is 3. The first kappa shape index (κ1) is 12.3. The largest absolute Gasteiger partial charge is 0.478 e. The molecule has 1 aromatic rings. The maximum absolute atomic E-state index is 11.6. The lowest BCUT2D eigenvalue weighted by molar-refractivity contribution is 0.0697. The fourth-order valence-electron chi connectivity index (χ4n) is 1.06. The molecule has 0 atom stereocenters. The first-order valence-electron chi connectivity index (χ1n) is 4.43. The van der Waals surface area contributed by atoms with Crippen molar-refractivity contribution in [2.75, 3.05) is 5.75 Å². The maximum atomic E-state index is 11.6. The van der Waals surface area contributed by atoms with Gasteiger partial charge in [0.15, 0.2) is 9.84 Å². The molecule has 0 aliphatic rings. The minimum absolute atomic E-state index is 0.0560. The summed E-state index contributed by atoms with van der Waals surface area (Å²) >= 11 is 0. The third-order valence-corrected chi connectivity index (χ3v) is 3.41. The van der Waals surface area contributed by atoms with E-state index in [1.807, 2.05) is 0 Å². The van der Waals surface area contributed by atoms with Crippen molar-refractivity contribution >= 4 is 15.8 Å². The van der Waals surface area contributed by atoms with Gasteiger partial charge in [-0.1, -0.05) is 5.92 Å². The minimum Gasteiger partial charge on any atom is -0.478 e. The van der Waals surface area contributed by atoms with Gasteiger partial charge in [0, 0.05) is 0 Å². The molecule has 1 N–H and O–H groups in total. The number of carboxylic acids is 1. The van der Waals surface area contributed by atoms with Gasteiger partial charge in [-0.3, -0.25) is 0 Å². The molecule has 0 heterocycles. The van der Waals surface area contributed by atoms with Crippen LogP contribution in [-0.4, -0.2) is 25.2 Å². The average Bonchev–Trinajstić information content (AvgIpc) is 2.26. The summed E-state index contributed by atoms with van der Waals surface area (Å²) in [6.07, 6.45) is 0. The Morgan fingerprint density at radius 1 is 1.31 bits per heavy atom. The molecule has 16 heavy (non-hydrogen) atoms. The predicted octanol–water partition coefficient (Wildman–Crippen LogP) is 1.18. The average molecular weight is 238 g/mol. The smallest absolute Gasteiger partial charge is 0.335 e. The summed E-state index contributed by atoms with van der Waals surface area (Å²) in [5, 5.41) is 8.65. The molecule has 0 spiro atoms. The summed E-state index contributed by atoms with van der Waals surface area (Å²) in [7, 11) is -3.43. The predicted molar refractivity (Wildman–Crippen MR) is 58.9 cm³/mol. The monoisotopic (exact) mass is 238 g/mol. The van der Waals surface area contributed by atoms with E-state index in [2.05, 4.69) is 11.8 Å². The van der Waals surface area contributed by atoms with Crippen molar-refractivity contribution in [3.05, 3.63) is 29.8 Å². The number of benzene rings is 1. The molecule has 5 heteroatoms. The van der Waals surface area contributed by atoms with E-state index in [0.717, 1.165) is 0 Å². The van der Waals surface area contributed by atoms with Crippen LogP contribution in [0.4, 0.5) is 0 Å². The van der Waals surface area contributed by atoms with E-state index in [4.69, 9.17) is 5.11 Å². The first-order chi connectivity index (χ1) is 7.47. The summed E-state index contributed by atoms with van der Waals surface area (Å²) in [4.78, 5) is 10.6. The van der Waals surface area contributed by atoms with Crippen LogP contribution in [0.2, 0.25) is 0 Å². The highest BCUT2D eigenvalue weighted by Crippen LogP contribution is 2.12. The number of carbonyl (C=O) groups is 1. The van der Waals surface area contributed by atoms with Gasteiger partial charge in [-0.2, -0.15) is 0 Å². The molecule has 0 saturated heterocycles. The van der Waals surface area contributed by atoms with E-state index in [1.165, 1.54) is 24.3 Å². The van der Waals surface area contributed by atoms with Crippen molar-refractivity contribution in [2.24, 2.45) is 0 Å². The van der Waals surface area contributed by atoms with Crippen LogP contribution in [0.25, 0.3) is 0 Å². The standard InChI is InChI=1S/C11H10O4S/c1-2-3-8-16(14,15)10-6-4-9(5-7-10)11(12)13/h4-7H,8H2,1H3,(H,12,13). The zero-order chi connectivity index (χ0) is 12.2. The molecule has 0 amide bonds. The Morgan fingerprint density at radius 3 is 2.31 bits per heavy atom. The summed E-state index contributed by atoms with van der Waals surface area (Å²) in [6.45, 7) is 1.56. The van der Waals surface area contributed by atoms with Crippen LogP contribution < -0.4 is 0 Å². The number of sulfone groups is 1. The van der Waals surface area contributed by atoms with Crippen molar-refractivity contribution in [3.8, 4) is 11.8 Å². The first-order valence-corrected chi connectivity index (χ1v) is 6.08. The second kappa shape index (κ2) is 4.81. The number of aromatic carboxylic acids is 1. The third kappa shape index (κ3) is 2.84. The van der Waals surface area contributed by atoms with Gasteiger partial charge in [-0.05, 0) is 31.2 Å². The zero-order valence-corrected chi connectivity index (χ0v) is 9.41. The summed E-state index contributed by atoms with van der Waals surface area (Å²) < 4.78 is 23.2. The van der Waals surface area contributed by atoms with Gasteiger partial charge in [0.05, 0.1) is 10.5 Å². The quantitative estimate of drug-likeness (QED) is 0.803. The topological polar surface area (TPSA) is 71.4 Å². The second-order valence-electron chi connectivity index (χ2n) is 3.02. The highest BCUT2D eigenvalue weighted by Gasteiger charge is 2.13. The van der Waals surface area contributed by atoms with Crippen molar-refractivity contribution in [1.82, 2.24) is 0 Å². The Morgan fingerprint density at radius 2 is 1.88 bits per heavy atom. The number of carboxylic acid groups (broad SMARTS) is 1. The number of hydrogen-bond donors (Lipinski definition) is 1. The Labute approximate surface area is 93.8 Å². The molecule has 0 saturated carbocycles. The van der Waals surface area contributed by atoms with Crippen LogP contribution in [0.15, 0.2) is 29.2 Å². The SMILES string of the molecule is CC#CCS(=O)(=O)c1ccc(C(=O)O)cc1. The van der Waals surface area contributed by atoms with Gasteiger partial charge in [-0.15, -0.1) is 5.92 Å². The van der Waals surface area contributed by atoms with E-state index in [9.17, 15) is 13.2 Å². The second-order valence-corrected chi connectivity index (χ2v) is 5.00. The van der Waals surface area contributed by atoms with Crippen molar-refractivity contribution in [2.45, 2.75) is 11.8 Å². The van der Waals surface area contributed by atoms with Crippen LogP contribution in [0.1, 0.15) is 17.3 Å². The van der Waals surface area contributed by atoms with Crippen LogP contribution in [0.5, 0.6) is 0 Å². The zero-order valence-electron chi connectivity index (χ0n) is 8.60. The summed E-state index contributed by atoms with van der Waals surface area (Å²) in [6, 6.07) is 5.06. The van der Waals surface area contributed by atoms with Crippen LogP contribution >= 0.6 is 0 Å². The molecule has 0 bridgehead atoms. The molecule has 0 aliphatic carbocycles. The lowest BCUT2D eigenvalue weighted by Crippen LogP contribution is -2.05. The van der Waals surface area contributed by atoms with Gasteiger partial charge in [0.2, 0.25) is 0 Å². The highest BCUT2D eigenvalue weighted by atomic mass is 32.2. The van der Waals surface area contributed by atoms with Crippen molar-refractivity contribution in [3.63, 3.8) is 0 Å². The Kier molecular flexibility index (Phi) is 3.69. The van der Waals surface area contributed by atoms with E-state index >= 15 is 0 Å². The lowest BCUT2D eigenvalue weighted by atomic mass is 10.2. The highest BCUT2D eigenvalue weighted by molar-refractivity contribution is 7.91. The van der Waals surface area contributed by atoms with E-state index in [-0.39, 0.29) is 16.2 Å². The molecule has 0 radical (unpaired) electrons. The van der Waals surface area contributed by atoms with Gasteiger partial charge < -0.3 is 5.11 Å². The van der Waals surface area contributed by atoms with E-state index in [1.54, 1.807) is 6.92 Å². The molecular weight excluding hydrogens is 228 g/mol. The molecule has 0 aromatic heterocycles. The molecule has 1 rings (SSSR count). The van der Waals surface area contributed by atoms with E-state index < -0.39 is 15.8 Å². The van der Waals surface area contributed by atoms with Crippen LogP contribution in [0, 0.1) is 11.8 Å². The molecule has 0 fully saturated rings. The van der Waals surface area contributed by atoms with Crippen LogP contribution in [0.3, 0.4) is 0 Å². The van der Waals surface area contributed by atoms with Gasteiger partial charge in [-0.25, -0.2) is 13.2 Å². The minimum atomic E-state index is -3.43. The van der Waals surface area contributed by atoms with Gasteiger partial charge >= 0.3 is 5.97 Å². The molecule has 4 nitrogen and oxygen atoms in total. The molecule has 1 aromatic carbocycles. The van der Waals surface area contributed by atoms with Crippen LogP contribution in [-0.2, 0) is 9.84 Å². The van der Waals surface area contributed by atoms with Crippen molar-refractivity contribution in [1.29, 1.82) is 0 Å². The Hall–Kier alpha value is -1.80. The Bertz CT molecular complexity index is 544. The molecule has 0 unspecified atom stereocenters. The molecule has 0 aliphatic heterocycles. The fraction of sp³-hybridized carbons (Fsp3) is 0.182. The van der Waals surface area contributed by atoms with Crippen molar-refractivity contribution < 1.29 is 18.3 Å². The van der Waals surface area contributed by atoms with Gasteiger partial charge in [0.25, 0.3) is 0 Å². The number of rotatable bonds is 3. The third-order valence-electron chi connectivity index (χ3n) is 1.90. The van der Waals surface area contributed by atoms with Gasteiger partial charge in [0.1, 0.15) is 5.75 Å². The fourth-order valence-corrected chi connectivity index (χ4v) is 2.11. The van der Waals surface area contributed by atoms with E-state index in [0.29, 0.717) is 0 Å². The lowest BCUT2D eigenvalue weighted by Gasteiger charge is -2.00.